The number of urea groups is 1. The molecule has 0 saturated carbocycles. The Bertz CT molecular complexity index is 1470. The van der Waals surface area contributed by atoms with Gasteiger partial charge in [0.05, 0.1) is 24.8 Å². The van der Waals surface area contributed by atoms with Crippen LogP contribution in [0.1, 0.15) is 41.3 Å². The van der Waals surface area contributed by atoms with Crippen LogP contribution in [0.25, 0.3) is 0 Å². The molecule has 10 heteroatoms. The van der Waals surface area contributed by atoms with Gasteiger partial charge in [0, 0.05) is 55.4 Å². The second kappa shape index (κ2) is 15.0. The number of halogens is 3. The molecule has 226 valence electrons. The summed E-state index contributed by atoms with van der Waals surface area (Å²) >= 11 is 12.5. The van der Waals surface area contributed by atoms with E-state index in [0.29, 0.717) is 59.1 Å². The van der Waals surface area contributed by atoms with Crippen molar-refractivity contribution in [3.63, 3.8) is 0 Å². The Kier molecular flexibility index (Phi) is 11.4. The highest BCUT2D eigenvalue weighted by atomic mass is 35.5. The summed E-state index contributed by atoms with van der Waals surface area (Å²) in [4.78, 5) is 25.9. The molecular formula is C33H35Cl3N4O3. The number of hydrogen-bond acceptors (Lipinski definition) is 5. The summed E-state index contributed by atoms with van der Waals surface area (Å²) in [6.07, 6.45) is 5.71. The van der Waals surface area contributed by atoms with Crippen molar-refractivity contribution < 1.29 is 14.3 Å². The van der Waals surface area contributed by atoms with Gasteiger partial charge in [0.15, 0.2) is 0 Å². The number of hydrogen-bond donors (Lipinski definition) is 0. The van der Waals surface area contributed by atoms with Gasteiger partial charge in [0.25, 0.3) is 0 Å². The number of amidine groups is 1. The molecule has 2 heterocycles. The first-order valence-corrected chi connectivity index (χ1v) is 14.8. The highest BCUT2D eigenvalue weighted by Gasteiger charge is 2.45. The molecule has 1 saturated heterocycles. The molecule has 3 aromatic rings. The Balaban J connectivity index is 0.00000423. The van der Waals surface area contributed by atoms with Crippen molar-refractivity contribution in [2.75, 3.05) is 53.0 Å². The van der Waals surface area contributed by atoms with Crippen LogP contribution in [0.2, 0.25) is 10.0 Å². The summed E-state index contributed by atoms with van der Waals surface area (Å²) in [6, 6.07) is 19.9. The van der Waals surface area contributed by atoms with Crippen LogP contribution >= 0.6 is 35.6 Å². The zero-order valence-corrected chi connectivity index (χ0v) is 26.5. The van der Waals surface area contributed by atoms with Crippen molar-refractivity contribution in [3.8, 4) is 18.1 Å². The van der Waals surface area contributed by atoms with Crippen LogP contribution in [-0.4, -0.2) is 79.6 Å². The zero-order chi connectivity index (χ0) is 29.6. The van der Waals surface area contributed by atoms with E-state index in [0.717, 1.165) is 30.8 Å². The largest absolute Gasteiger partial charge is 0.493 e. The third-order valence-electron chi connectivity index (χ3n) is 7.64. The first-order chi connectivity index (χ1) is 20.4. The topological polar surface area (TPSA) is 57.6 Å². The molecule has 3 aromatic carbocycles. The van der Waals surface area contributed by atoms with Crippen molar-refractivity contribution in [1.29, 1.82) is 0 Å². The predicted octanol–water partition coefficient (Wildman–Crippen LogP) is 6.72. The molecule has 2 aliphatic heterocycles. The Morgan fingerprint density at radius 1 is 0.977 bits per heavy atom. The van der Waals surface area contributed by atoms with E-state index >= 15 is 0 Å². The van der Waals surface area contributed by atoms with Gasteiger partial charge in [-0.25, -0.2) is 4.79 Å². The van der Waals surface area contributed by atoms with E-state index in [1.54, 1.807) is 7.11 Å². The van der Waals surface area contributed by atoms with Crippen molar-refractivity contribution in [1.82, 2.24) is 14.7 Å². The fourth-order valence-electron chi connectivity index (χ4n) is 5.46. The number of piperazine rings is 1. The molecule has 7 nitrogen and oxygen atoms in total. The minimum Gasteiger partial charge on any atom is -0.493 e. The van der Waals surface area contributed by atoms with Crippen LogP contribution < -0.4 is 4.74 Å². The van der Waals surface area contributed by atoms with Gasteiger partial charge in [0.2, 0.25) is 0 Å². The maximum absolute atomic E-state index is 14.6. The molecule has 5 rings (SSSR count). The number of methoxy groups -OCH3 is 1. The first-order valence-electron chi connectivity index (χ1n) is 14.1. The van der Waals surface area contributed by atoms with Crippen molar-refractivity contribution in [2.24, 2.45) is 4.99 Å². The summed E-state index contributed by atoms with van der Waals surface area (Å²) in [6.45, 7) is 6.58. The number of carbonyl (C=O) groups excluding carboxylic acids is 1. The van der Waals surface area contributed by atoms with Gasteiger partial charge in [-0.1, -0.05) is 53.4 Å². The van der Waals surface area contributed by atoms with E-state index in [9.17, 15) is 4.79 Å². The summed E-state index contributed by atoms with van der Waals surface area (Å²) in [5.74, 6) is 3.80. The number of ether oxygens (including phenoxy) is 2. The summed E-state index contributed by atoms with van der Waals surface area (Å²) < 4.78 is 11.3. The average Bonchev–Trinajstić information content (AvgIpc) is 3.41. The monoisotopic (exact) mass is 640 g/mol. The van der Waals surface area contributed by atoms with Crippen LogP contribution in [0.15, 0.2) is 71.7 Å². The Labute approximate surface area is 269 Å². The summed E-state index contributed by atoms with van der Waals surface area (Å²) in [5, 5.41) is 1.25. The minimum atomic E-state index is -0.431. The molecule has 2 amide bonds. The minimum absolute atomic E-state index is 0. The fourth-order valence-corrected chi connectivity index (χ4v) is 5.71. The van der Waals surface area contributed by atoms with E-state index in [1.165, 1.54) is 0 Å². The lowest BCUT2D eigenvalue weighted by molar-refractivity contribution is 0.0963. The maximum Gasteiger partial charge on any atom is 0.326 e. The van der Waals surface area contributed by atoms with E-state index in [1.807, 2.05) is 83.5 Å². The van der Waals surface area contributed by atoms with E-state index < -0.39 is 12.1 Å². The maximum atomic E-state index is 14.6. The van der Waals surface area contributed by atoms with Gasteiger partial charge >= 0.3 is 6.03 Å². The number of aliphatic imine (C=N–C) groups is 1. The second-order valence-corrected chi connectivity index (χ2v) is 11.1. The van der Waals surface area contributed by atoms with Crippen molar-refractivity contribution in [2.45, 2.75) is 19.0 Å². The molecule has 43 heavy (non-hydrogen) atoms. The second-order valence-electron chi connectivity index (χ2n) is 10.2. The van der Waals surface area contributed by atoms with Crippen LogP contribution in [0.4, 0.5) is 4.79 Å². The third kappa shape index (κ3) is 7.29. The van der Waals surface area contributed by atoms with E-state index in [-0.39, 0.29) is 18.4 Å². The molecule has 0 unspecified atom stereocenters. The molecule has 2 atom stereocenters. The lowest BCUT2D eigenvalue weighted by atomic mass is 9.93. The van der Waals surface area contributed by atoms with Gasteiger partial charge in [-0.15, -0.1) is 18.8 Å². The standard InChI is InChI=1S/C33H34Cl2N4O3.ClH/c1-4-23-6-15-28(29(22-23)42-5-2)32-36-30(24-7-11-26(34)12-8-24)31(25-9-13-27(35)14-10-25)39(32)33(40)38-18-16-37(17-19-38)20-21-41-3;/h1,6-15,22,30-31H,5,16-21H2,2-3H3;1H/t30-,31+;/m0./s1. The van der Waals surface area contributed by atoms with Gasteiger partial charge in [0.1, 0.15) is 17.6 Å². The summed E-state index contributed by atoms with van der Waals surface area (Å²) in [7, 11) is 1.70. The smallest absolute Gasteiger partial charge is 0.326 e. The van der Waals surface area contributed by atoms with Crippen LogP contribution in [0.3, 0.4) is 0 Å². The van der Waals surface area contributed by atoms with Crippen LogP contribution in [0.5, 0.6) is 5.75 Å². The molecule has 0 radical (unpaired) electrons. The van der Waals surface area contributed by atoms with Crippen molar-refractivity contribution in [3.05, 3.63) is 99.0 Å². The lowest BCUT2D eigenvalue weighted by Crippen LogP contribution is -2.54. The third-order valence-corrected chi connectivity index (χ3v) is 8.14. The normalized spacial score (nSPS) is 18.5. The molecule has 2 aliphatic rings. The zero-order valence-electron chi connectivity index (χ0n) is 24.2. The van der Waals surface area contributed by atoms with Crippen LogP contribution in [-0.2, 0) is 4.74 Å². The predicted molar refractivity (Wildman–Crippen MR) is 175 cm³/mol. The Hall–Kier alpha value is -3.25. The summed E-state index contributed by atoms with van der Waals surface area (Å²) in [5.41, 5.74) is 3.26. The average molecular weight is 642 g/mol. The fraction of sp³-hybridized carbons (Fsp3) is 0.333. The Morgan fingerprint density at radius 2 is 1.60 bits per heavy atom. The number of rotatable bonds is 8. The number of amides is 2. The molecule has 0 aliphatic carbocycles. The van der Waals surface area contributed by atoms with E-state index in [4.69, 9.17) is 44.1 Å². The van der Waals surface area contributed by atoms with Gasteiger partial charge in [-0.05, 0) is 60.5 Å². The SMILES string of the molecule is C#Cc1ccc(C2=N[C@@H](c3ccc(Cl)cc3)[C@@H](c3ccc(Cl)cc3)N2C(=O)N2CCN(CCOC)CC2)c(OCC)c1.Cl. The van der Waals surface area contributed by atoms with Gasteiger partial charge in [-0.2, -0.15) is 0 Å². The number of nitrogens with zero attached hydrogens (tertiary/aromatic N) is 4. The van der Waals surface area contributed by atoms with E-state index in [2.05, 4.69) is 10.8 Å². The molecule has 0 aromatic heterocycles. The number of carbonyl (C=O) groups is 1. The molecule has 0 bridgehead atoms. The van der Waals surface area contributed by atoms with Gasteiger partial charge < -0.3 is 14.4 Å². The lowest BCUT2D eigenvalue weighted by Gasteiger charge is -2.39. The Morgan fingerprint density at radius 3 is 2.19 bits per heavy atom. The molecule has 0 spiro atoms. The highest BCUT2D eigenvalue weighted by Crippen LogP contribution is 2.45. The number of terminal acetylenes is 1. The quantitative estimate of drug-likeness (QED) is 0.256. The highest BCUT2D eigenvalue weighted by molar-refractivity contribution is 6.30. The molecular weight excluding hydrogens is 607 g/mol. The van der Waals surface area contributed by atoms with Crippen molar-refractivity contribution >= 4 is 47.5 Å². The molecule has 0 N–H and O–H groups in total. The van der Waals surface area contributed by atoms with Crippen LogP contribution in [0, 0.1) is 12.3 Å². The molecule has 1 fully saturated rings. The van der Waals surface area contributed by atoms with Gasteiger partial charge in [-0.3, -0.25) is 14.8 Å². The number of benzene rings is 3. The first kappa shape index (κ1) is 32.7.